The number of hydrogen-bond donors (Lipinski definition) is 2. The zero-order chi connectivity index (χ0) is 19.5. The Morgan fingerprint density at radius 1 is 1.15 bits per heavy atom. The third-order valence-electron chi connectivity index (χ3n) is 3.60. The molecule has 0 radical (unpaired) electrons. The van der Waals surface area contributed by atoms with Gasteiger partial charge in [-0.05, 0) is 43.2 Å². The summed E-state index contributed by atoms with van der Waals surface area (Å²) in [5.41, 5.74) is 10.8. The van der Waals surface area contributed by atoms with Crippen molar-refractivity contribution in [2.24, 2.45) is 16.5 Å². The minimum Gasteiger partial charge on any atom is -0.370 e. The molecular formula is C18H18F3N3OS. The Balaban J connectivity index is 2.58. The van der Waals surface area contributed by atoms with Crippen LogP contribution in [-0.2, 0) is 12.6 Å². The van der Waals surface area contributed by atoms with Gasteiger partial charge in [-0.15, -0.1) is 0 Å². The van der Waals surface area contributed by atoms with Crippen LogP contribution in [-0.4, -0.2) is 11.9 Å². The van der Waals surface area contributed by atoms with Crippen molar-refractivity contribution < 1.29 is 18.0 Å². The SMILES string of the molecule is CCc1cc(Sc2ccc(C)cc2)c(C(F)(F)F)cc1C(=O)N=C(N)N. The number of halogens is 3. The molecule has 0 aliphatic rings. The lowest BCUT2D eigenvalue weighted by Crippen LogP contribution is -2.24. The third-order valence-corrected chi connectivity index (χ3v) is 4.67. The highest BCUT2D eigenvalue weighted by molar-refractivity contribution is 7.99. The number of hydrogen-bond acceptors (Lipinski definition) is 2. The highest BCUT2D eigenvalue weighted by Gasteiger charge is 2.35. The maximum absolute atomic E-state index is 13.5. The van der Waals surface area contributed by atoms with Gasteiger partial charge in [-0.2, -0.15) is 18.2 Å². The Morgan fingerprint density at radius 2 is 1.77 bits per heavy atom. The molecule has 0 aromatic heterocycles. The van der Waals surface area contributed by atoms with Gasteiger partial charge in [0, 0.05) is 15.4 Å². The maximum Gasteiger partial charge on any atom is 0.417 e. The molecule has 4 N–H and O–H groups in total. The Kier molecular flexibility index (Phi) is 5.97. The molecule has 0 aliphatic heterocycles. The third kappa shape index (κ3) is 4.78. The van der Waals surface area contributed by atoms with E-state index in [0.717, 1.165) is 23.4 Å². The highest BCUT2D eigenvalue weighted by atomic mass is 32.2. The minimum absolute atomic E-state index is 0.0273. The fourth-order valence-electron chi connectivity index (χ4n) is 2.33. The molecule has 0 heterocycles. The molecule has 2 rings (SSSR count). The van der Waals surface area contributed by atoms with E-state index in [-0.39, 0.29) is 10.5 Å². The van der Waals surface area contributed by atoms with E-state index in [1.807, 2.05) is 19.1 Å². The lowest BCUT2D eigenvalue weighted by atomic mass is 10.0. The van der Waals surface area contributed by atoms with E-state index in [0.29, 0.717) is 16.9 Å². The van der Waals surface area contributed by atoms with Crippen LogP contribution in [0.25, 0.3) is 0 Å². The standard InChI is InChI=1S/C18H18F3N3OS/c1-3-11-8-15(26-12-6-4-10(2)5-7-12)14(18(19,20)21)9-13(11)16(25)24-17(22)23/h4-9H,3H2,1-2H3,(H4,22,23,24,25). The molecule has 2 aromatic rings. The van der Waals surface area contributed by atoms with Crippen LogP contribution in [0.15, 0.2) is 51.2 Å². The first-order valence-electron chi connectivity index (χ1n) is 7.74. The maximum atomic E-state index is 13.5. The van der Waals surface area contributed by atoms with E-state index >= 15 is 0 Å². The van der Waals surface area contributed by atoms with Gasteiger partial charge in [0.2, 0.25) is 0 Å². The van der Waals surface area contributed by atoms with Crippen molar-refractivity contribution in [3.63, 3.8) is 0 Å². The second kappa shape index (κ2) is 7.82. The molecule has 26 heavy (non-hydrogen) atoms. The minimum atomic E-state index is -4.62. The van der Waals surface area contributed by atoms with Crippen molar-refractivity contribution in [1.29, 1.82) is 0 Å². The fraction of sp³-hybridized carbons (Fsp3) is 0.222. The number of guanidine groups is 1. The topological polar surface area (TPSA) is 81.5 Å². The Hall–Kier alpha value is -2.48. The van der Waals surface area contributed by atoms with Gasteiger partial charge in [0.25, 0.3) is 5.91 Å². The number of nitrogens with zero attached hydrogens (tertiary/aromatic N) is 1. The zero-order valence-electron chi connectivity index (χ0n) is 14.2. The molecule has 0 saturated heterocycles. The molecule has 0 aliphatic carbocycles. The molecule has 0 bridgehead atoms. The average Bonchev–Trinajstić information content (AvgIpc) is 2.54. The van der Waals surface area contributed by atoms with Gasteiger partial charge in [0.05, 0.1) is 5.56 Å². The van der Waals surface area contributed by atoms with E-state index in [1.165, 1.54) is 6.07 Å². The predicted octanol–water partition coefficient (Wildman–Crippen LogP) is 4.14. The van der Waals surface area contributed by atoms with Crippen LogP contribution in [0.5, 0.6) is 0 Å². The summed E-state index contributed by atoms with van der Waals surface area (Å²) in [4.78, 5) is 16.2. The molecule has 138 valence electrons. The summed E-state index contributed by atoms with van der Waals surface area (Å²) in [5, 5.41) is 0. The first kappa shape index (κ1) is 19.8. The summed E-state index contributed by atoms with van der Waals surface area (Å²) < 4.78 is 40.6. The van der Waals surface area contributed by atoms with Crippen LogP contribution >= 0.6 is 11.8 Å². The van der Waals surface area contributed by atoms with E-state index in [4.69, 9.17) is 11.5 Å². The van der Waals surface area contributed by atoms with Crippen molar-refractivity contribution in [2.45, 2.75) is 36.2 Å². The number of aryl methyl sites for hydroxylation is 2. The van der Waals surface area contributed by atoms with Gasteiger partial charge >= 0.3 is 6.18 Å². The van der Waals surface area contributed by atoms with Crippen LogP contribution < -0.4 is 11.5 Å². The second-order valence-corrected chi connectivity index (χ2v) is 6.73. The quantitative estimate of drug-likeness (QED) is 0.616. The van der Waals surface area contributed by atoms with E-state index in [1.54, 1.807) is 19.1 Å². The first-order valence-corrected chi connectivity index (χ1v) is 8.56. The normalized spacial score (nSPS) is 11.3. The predicted molar refractivity (Wildman–Crippen MR) is 96.3 cm³/mol. The zero-order valence-corrected chi connectivity index (χ0v) is 15.0. The van der Waals surface area contributed by atoms with Gasteiger partial charge in [-0.25, -0.2) is 0 Å². The van der Waals surface area contributed by atoms with Gasteiger partial charge in [-0.3, -0.25) is 4.79 Å². The van der Waals surface area contributed by atoms with Crippen LogP contribution in [0.2, 0.25) is 0 Å². The monoisotopic (exact) mass is 381 g/mol. The molecular weight excluding hydrogens is 363 g/mol. The van der Waals surface area contributed by atoms with E-state index < -0.39 is 23.6 Å². The molecule has 0 saturated carbocycles. The summed E-state index contributed by atoms with van der Waals surface area (Å²) >= 11 is 0.997. The van der Waals surface area contributed by atoms with Gasteiger partial charge in [0.1, 0.15) is 0 Å². The number of carbonyl (C=O) groups is 1. The molecule has 0 fully saturated rings. The van der Waals surface area contributed by atoms with Gasteiger partial charge < -0.3 is 11.5 Å². The Labute approximate surface area is 153 Å². The van der Waals surface area contributed by atoms with Crippen LogP contribution in [0.1, 0.15) is 34.0 Å². The largest absolute Gasteiger partial charge is 0.417 e. The summed E-state index contributed by atoms with van der Waals surface area (Å²) in [6.07, 6.45) is -4.26. The Morgan fingerprint density at radius 3 is 2.27 bits per heavy atom. The van der Waals surface area contributed by atoms with Crippen LogP contribution in [0, 0.1) is 6.92 Å². The van der Waals surface area contributed by atoms with Crippen molar-refractivity contribution in [1.82, 2.24) is 0 Å². The number of nitrogens with two attached hydrogens (primary N) is 2. The molecule has 0 spiro atoms. The highest BCUT2D eigenvalue weighted by Crippen LogP contribution is 2.41. The molecule has 0 unspecified atom stereocenters. The first-order chi connectivity index (χ1) is 12.1. The average molecular weight is 381 g/mol. The van der Waals surface area contributed by atoms with E-state index in [9.17, 15) is 18.0 Å². The second-order valence-electron chi connectivity index (χ2n) is 5.61. The van der Waals surface area contributed by atoms with Crippen LogP contribution in [0.4, 0.5) is 13.2 Å². The number of benzene rings is 2. The fourth-order valence-corrected chi connectivity index (χ4v) is 3.34. The van der Waals surface area contributed by atoms with Crippen molar-refractivity contribution in [2.75, 3.05) is 0 Å². The summed E-state index contributed by atoms with van der Waals surface area (Å²) in [5.74, 6) is -1.39. The van der Waals surface area contributed by atoms with E-state index in [2.05, 4.69) is 4.99 Å². The lowest BCUT2D eigenvalue weighted by Gasteiger charge is -2.16. The van der Waals surface area contributed by atoms with Crippen molar-refractivity contribution in [3.05, 3.63) is 58.7 Å². The lowest BCUT2D eigenvalue weighted by molar-refractivity contribution is -0.139. The number of alkyl halides is 3. The number of rotatable bonds is 4. The number of amides is 1. The molecule has 4 nitrogen and oxygen atoms in total. The van der Waals surface area contributed by atoms with Gasteiger partial charge in [-0.1, -0.05) is 36.4 Å². The molecule has 8 heteroatoms. The molecule has 1 amide bonds. The molecule has 0 atom stereocenters. The molecule has 2 aromatic carbocycles. The van der Waals surface area contributed by atoms with Gasteiger partial charge in [0.15, 0.2) is 5.96 Å². The summed E-state index contributed by atoms with van der Waals surface area (Å²) in [7, 11) is 0. The van der Waals surface area contributed by atoms with Crippen molar-refractivity contribution >= 4 is 23.6 Å². The summed E-state index contributed by atoms with van der Waals surface area (Å²) in [6, 6.07) is 9.36. The number of aliphatic imine (C=N–C) groups is 1. The number of carbonyl (C=O) groups excluding carboxylic acids is 1. The summed E-state index contributed by atoms with van der Waals surface area (Å²) in [6.45, 7) is 3.64. The Bertz CT molecular complexity index is 842. The van der Waals surface area contributed by atoms with Crippen LogP contribution in [0.3, 0.4) is 0 Å². The van der Waals surface area contributed by atoms with Crippen molar-refractivity contribution in [3.8, 4) is 0 Å². The smallest absolute Gasteiger partial charge is 0.370 e.